The van der Waals surface area contributed by atoms with Crippen LogP contribution in [0.2, 0.25) is 0 Å². The van der Waals surface area contributed by atoms with Gasteiger partial charge < -0.3 is 33.4 Å². The molecular weight excluding hydrogens is 579 g/mol. The van der Waals surface area contributed by atoms with Gasteiger partial charge in [0.2, 0.25) is 0 Å². The van der Waals surface area contributed by atoms with Gasteiger partial charge in [0.05, 0.1) is 7.82 Å². The minimum Gasteiger partial charge on any atom is -0.790 e. The van der Waals surface area contributed by atoms with E-state index in [1.54, 1.807) is 0 Å². The van der Waals surface area contributed by atoms with Crippen molar-refractivity contribution in [3.63, 3.8) is 0 Å². The van der Waals surface area contributed by atoms with E-state index in [9.17, 15) is 51.6 Å². The van der Waals surface area contributed by atoms with Crippen LogP contribution in [0.4, 0.5) is 8.78 Å². The quantitative estimate of drug-likeness (QED) is 0.219. The zero-order valence-electron chi connectivity index (χ0n) is 18.5. The Labute approximate surface area is 278 Å². The Bertz CT molecular complexity index is 1090. The summed E-state index contributed by atoms with van der Waals surface area (Å²) in [5, 5.41) is 0. The summed E-state index contributed by atoms with van der Waals surface area (Å²) in [5.41, 5.74) is -1.87. The summed E-state index contributed by atoms with van der Waals surface area (Å²) in [6.07, 6.45) is -4.15. The second-order valence-corrected chi connectivity index (χ2v) is 10.1. The molecule has 2 heterocycles. The van der Waals surface area contributed by atoms with Gasteiger partial charge in [-0.05, 0) is 6.92 Å². The Hall–Kier alpha value is 2.91. The molecule has 0 aromatic carbocycles. The van der Waals surface area contributed by atoms with Gasteiger partial charge in [-0.2, -0.15) is 0 Å². The molecule has 34 heavy (non-hydrogen) atoms. The van der Waals surface area contributed by atoms with Gasteiger partial charge in [0.15, 0.2) is 6.17 Å². The third-order valence-corrected chi connectivity index (χ3v) is 7.13. The van der Waals surface area contributed by atoms with Crippen LogP contribution in [0.3, 0.4) is 0 Å². The zero-order valence-corrected chi connectivity index (χ0v) is 29.2. The van der Waals surface area contributed by atoms with E-state index in [1.165, 1.54) is 6.92 Å². The number of hydrogen-bond acceptors (Lipinski definition) is 13. The maximum Gasteiger partial charge on any atom is 1.00 e. The minimum absolute atomic E-state index is 0. The van der Waals surface area contributed by atoms with Crippen molar-refractivity contribution in [2.24, 2.45) is 0 Å². The van der Waals surface area contributed by atoms with E-state index in [-0.39, 0.29) is 124 Å². The SMILES string of the molecule is Cc1cn([C@H]2C[C@H](F)[C@@](F)(COP(=O)([O-])OP(=O)([O-])OP(=O)([O-])[O-])O2)c(=O)[nH]c1=O.[Na+].[Na+].[Na+].[Na+]. The molecule has 1 aromatic heterocycles. The number of alkyl halides is 2. The first-order chi connectivity index (χ1) is 13.4. The Balaban J connectivity index is -0.00000240. The van der Waals surface area contributed by atoms with Gasteiger partial charge in [-0.15, -0.1) is 0 Å². The topological polar surface area (TPSA) is 235 Å². The number of phosphoric acid groups is 3. The summed E-state index contributed by atoms with van der Waals surface area (Å²) in [6.45, 7) is -0.547. The number of aryl methyl sites for hydroxylation is 1. The van der Waals surface area contributed by atoms with Gasteiger partial charge in [0, 0.05) is 18.2 Å². The van der Waals surface area contributed by atoms with Crippen molar-refractivity contribution in [3.05, 3.63) is 32.6 Å². The standard InChI is InChI=1S/C10H15F2N2O13P3.4Na/c1-5-3-14(9(16)13-8(5)15)7-2-6(11)10(12,25-7)4-24-29(20,21)27-30(22,23)26-28(17,18)19;;;;/h3,6-7H,2,4H2,1H3,(H,20,21)(H,22,23)(H,13,15,16)(H2,17,18,19);;;;/q;4*+1/p-4/t6-,7+,10+;;;;/m0..../s1. The fourth-order valence-corrected chi connectivity index (χ4v) is 5.12. The number of rotatable bonds is 8. The van der Waals surface area contributed by atoms with Crippen LogP contribution in [0.5, 0.6) is 0 Å². The molecule has 1 aromatic rings. The molecule has 2 rings (SSSR count). The molecule has 1 aliphatic rings. The maximum atomic E-state index is 14.6. The van der Waals surface area contributed by atoms with Crippen LogP contribution in [0.15, 0.2) is 15.8 Å². The van der Waals surface area contributed by atoms with Gasteiger partial charge in [-0.3, -0.25) is 27.8 Å². The Morgan fingerprint density at radius 2 is 1.65 bits per heavy atom. The van der Waals surface area contributed by atoms with Gasteiger partial charge in [0.1, 0.15) is 12.8 Å². The van der Waals surface area contributed by atoms with Gasteiger partial charge in [-0.1, -0.05) is 0 Å². The van der Waals surface area contributed by atoms with Crippen LogP contribution in [-0.2, 0) is 31.6 Å². The van der Waals surface area contributed by atoms with Crippen molar-refractivity contribution in [1.29, 1.82) is 0 Å². The van der Waals surface area contributed by atoms with Crippen molar-refractivity contribution in [2.75, 3.05) is 6.61 Å². The van der Waals surface area contributed by atoms with Gasteiger partial charge >= 0.3 is 124 Å². The van der Waals surface area contributed by atoms with E-state index in [2.05, 4.69) is 17.9 Å². The Kier molecular flexibility index (Phi) is 19.0. The average Bonchev–Trinajstić information content (AvgIpc) is 2.81. The molecule has 1 fully saturated rings. The van der Waals surface area contributed by atoms with E-state index in [0.29, 0.717) is 4.57 Å². The molecule has 1 saturated heterocycles. The van der Waals surface area contributed by atoms with Crippen molar-refractivity contribution in [2.45, 2.75) is 31.6 Å². The third kappa shape index (κ3) is 12.4. The molecule has 0 aliphatic carbocycles. The third-order valence-electron chi connectivity index (χ3n) is 3.48. The summed E-state index contributed by atoms with van der Waals surface area (Å²) < 4.78 is 76.7. The number of H-pyrrole nitrogens is 1. The fourth-order valence-electron chi connectivity index (χ4n) is 2.25. The summed E-state index contributed by atoms with van der Waals surface area (Å²) in [4.78, 5) is 67.9. The van der Waals surface area contributed by atoms with Crippen LogP contribution >= 0.6 is 23.5 Å². The first kappa shape index (κ1) is 41.4. The monoisotopic (exact) mass is 590 g/mol. The summed E-state index contributed by atoms with van der Waals surface area (Å²) in [6, 6.07) is 0. The predicted molar refractivity (Wildman–Crippen MR) is 80.5 cm³/mol. The average molecular weight is 590 g/mol. The Morgan fingerprint density at radius 3 is 2.15 bits per heavy atom. The number of halogens is 2. The van der Waals surface area contributed by atoms with Crippen LogP contribution < -0.4 is 149 Å². The van der Waals surface area contributed by atoms with E-state index >= 15 is 0 Å². The minimum atomic E-state index is -6.29. The van der Waals surface area contributed by atoms with E-state index in [4.69, 9.17) is 0 Å². The number of nitrogens with zero attached hydrogens (tertiary/aromatic N) is 1. The van der Waals surface area contributed by atoms with Crippen LogP contribution in [0, 0.1) is 6.92 Å². The van der Waals surface area contributed by atoms with Crippen LogP contribution in [-0.4, -0.2) is 28.2 Å². The molecule has 15 nitrogen and oxygen atoms in total. The second-order valence-electron chi connectivity index (χ2n) is 5.82. The van der Waals surface area contributed by atoms with Crippen LogP contribution in [0.25, 0.3) is 0 Å². The zero-order chi connectivity index (χ0) is 23.1. The molecule has 0 amide bonds. The Morgan fingerprint density at radius 1 is 1.12 bits per heavy atom. The molecule has 2 unspecified atom stereocenters. The van der Waals surface area contributed by atoms with Crippen LogP contribution in [0.1, 0.15) is 18.2 Å². The fraction of sp³-hybridized carbons (Fsp3) is 0.600. The second kappa shape index (κ2) is 15.6. The van der Waals surface area contributed by atoms with E-state index in [0.717, 1.165) is 6.20 Å². The largest absolute Gasteiger partial charge is 1.00 e. The van der Waals surface area contributed by atoms with Crippen molar-refractivity contribution in [1.82, 2.24) is 9.55 Å². The molecule has 24 heteroatoms. The number of aromatic amines is 1. The van der Waals surface area contributed by atoms with Gasteiger partial charge in [0.25, 0.3) is 27.1 Å². The van der Waals surface area contributed by atoms with Gasteiger partial charge in [-0.25, -0.2) is 17.9 Å². The molecule has 0 saturated carbocycles. The molecule has 0 spiro atoms. The molecule has 5 atom stereocenters. The van der Waals surface area contributed by atoms with E-state index in [1.807, 2.05) is 4.98 Å². The number of nitrogens with one attached hydrogen (secondary N) is 1. The summed E-state index contributed by atoms with van der Waals surface area (Å²) in [7, 11) is -18.6. The van der Waals surface area contributed by atoms with Crippen molar-refractivity contribution in [3.8, 4) is 0 Å². The number of phosphoric ester groups is 1. The number of hydrogen-bond donors (Lipinski definition) is 1. The number of aromatic nitrogens is 2. The van der Waals surface area contributed by atoms with Crippen molar-refractivity contribution >= 4 is 23.5 Å². The summed E-state index contributed by atoms with van der Waals surface area (Å²) >= 11 is 0. The van der Waals surface area contributed by atoms with E-state index < -0.39 is 66.0 Å². The molecule has 1 aliphatic heterocycles. The molecule has 1 N–H and O–H groups in total. The molecule has 0 bridgehead atoms. The molecular formula is C10H11F2N2Na4O13P3. The smallest absolute Gasteiger partial charge is 0.790 e. The first-order valence-electron chi connectivity index (χ1n) is 7.47. The first-order valence-corrected chi connectivity index (χ1v) is 11.9. The molecule has 0 radical (unpaired) electrons. The molecule has 172 valence electrons. The predicted octanol–water partition coefficient (Wildman–Crippen LogP) is -14.4. The van der Waals surface area contributed by atoms with Crippen molar-refractivity contribution < 1.29 is 178 Å². The summed E-state index contributed by atoms with van der Waals surface area (Å²) in [5.74, 6) is -3.53. The normalized spacial score (nSPS) is 25.4. The number of ether oxygens (including phenoxy) is 1. The maximum absolute atomic E-state index is 14.6.